The number of hydrogen-bond acceptors (Lipinski definition) is 3. The molecule has 0 aromatic carbocycles. The van der Waals surface area contributed by atoms with Crippen molar-refractivity contribution in [1.82, 2.24) is 5.32 Å². The van der Waals surface area contributed by atoms with Gasteiger partial charge in [0.1, 0.15) is 5.78 Å². The van der Waals surface area contributed by atoms with Gasteiger partial charge in [0.25, 0.3) is 0 Å². The van der Waals surface area contributed by atoms with Crippen LogP contribution in [0.1, 0.15) is 40.5 Å². The molecule has 0 radical (unpaired) electrons. The average Bonchev–Trinajstić information content (AvgIpc) is 2.19. The lowest BCUT2D eigenvalue weighted by Crippen LogP contribution is -2.21. The Morgan fingerprint density at radius 1 is 1.31 bits per heavy atom. The smallest absolute Gasteiger partial charge is 0.143 e. The van der Waals surface area contributed by atoms with E-state index >= 15 is 0 Å². The highest BCUT2D eigenvalue weighted by molar-refractivity contribution is 5.77. The maximum Gasteiger partial charge on any atom is 0.143 e. The van der Waals surface area contributed by atoms with Crippen LogP contribution in [-0.2, 0) is 4.79 Å². The molecule has 0 aromatic heterocycles. The predicted molar refractivity (Wildman–Crippen MR) is 57.9 cm³/mol. The number of ketones is 1. The second kappa shape index (κ2) is 22.6. The van der Waals surface area contributed by atoms with Crippen molar-refractivity contribution in [3.8, 4) is 0 Å². The van der Waals surface area contributed by atoms with Gasteiger partial charge in [0.2, 0.25) is 0 Å². The zero-order valence-corrected chi connectivity index (χ0v) is 9.68. The third kappa shape index (κ3) is 34.1. The molecule has 0 amide bonds. The third-order valence-electron chi connectivity index (χ3n) is 1.08. The van der Waals surface area contributed by atoms with Crippen molar-refractivity contribution in [2.24, 2.45) is 0 Å². The highest BCUT2D eigenvalue weighted by Crippen LogP contribution is 1.81. The van der Waals surface area contributed by atoms with Crippen LogP contribution in [0.5, 0.6) is 0 Å². The van der Waals surface area contributed by atoms with Gasteiger partial charge in [-0.3, -0.25) is 4.79 Å². The zero-order chi connectivity index (χ0) is 11.1. The van der Waals surface area contributed by atoms with Crippen molar-refractivity contribution in [3.05, 3.63) is 0 Å². The largest absolute Gasteiger partial charge is 0.400 e. The lowest BCUT2D eigenvalue weighted by molar-refractivity contribution is -0.116. The van der Waals surface area contributed by atoms with Gasteiger partial charge < -0.3 is 10.4 Å². The summed E-state index contributed by atoms with van der Waals surface area (Å²) in [5.74, 6) is 0.214. The minimum absolute atomic E-state index is 0.214. The molecule has 0 unspecified atom stereocenters. The number of rotatable bonds is 5. The van der Waals surface area contributed by atoms with Crippen molar-refractivity contribution in [3.63, 3.8) is 0 Å². The molecule has 13 heavy (non-hydrogen) atoms. The molecule has 0 aromatic rings. The summed E-state index contributed by atoms with van der Waals surface area (Å²) in [5, 5.41) is 10.0. The zero-order valence-electron chi connectivity index (χ0n) is 9.68. The first kappa shape index (κ1) is 18.4. The van der Waals surface area contributed by atoms with Gasteiger partial charge in [-0.05, 0) is 19.9 Å². The quantitative estimate of drug-likeness (QED) is 0.649. The van der Waals surface area contributed by atoms with Crippen LogP contribution in [0.15, 0.2) is 0 Å². The summed E-state index contributed by atoms with van der Waals surface area (Å²) >= 11 is 0. The molecular formula is C10H25NO2. The van der Waals surface area contributed by atoms with Gasteiger partial charge in [-0.1, -0.05) is 27.2 Å². The summed E-state index contributed by atoms with van der Waals surface area (Å²) < 4.78 is 0. The molecule has 82 valence electrons. The Morgan fingerprint density at radius 3 is 2.08 bits per heavy atom. The van der Waals surface area contributed by atoms with Gasteiger partial charge in [0.05, 0.1) is 6.54 Å². The Bertz CT molecular complexity index is 85.0. The number of hydrogen-bond donors (Lipinski definition) is 2. The molecule has 0 spiro atoms. The maximum absolute atomic E-state index is 10.3. The van der Waals surface area contributed by atoms with Gasteiger partial charge in [-0.2, -0.15) is 0 Å². The van der Waals surface area contributed by atoms with Crippen LogP contribution < -0.4 is 5.32 Å². The number of nitrogens with one attached hydrogen (secondary N) is 1. The normalized spacial score (nSPS) is 7.54. The fourth-order valence-corrected chi connectivity index (χ4v) is 0.566. The molecule has 0 saturated carbocycles. The first-order chi connectivity index (χ1) is 6.27. The van der Waals surface area contributed by atoms with Crippen LogP contribution >= 0.6 is 0 Å². The minimum Gasteiger partial charge on any atom is -0.400 e. The van der Waals surface area contributed by atoms with E-state index in [0.29, 0.717) is 6.54 Å². The Balaban J connectivity index is -0.000000218. The van der Waals surface area contributed by atoms with Crippen LogP contribution in [0, 0.1) is 0 Å². The molecular weight excluding hydrogens is 166 g/mol. The summed E-state index contributed by atoms with van der Waals surface area (Å²) in [4.78, 5) is 10.3. The molecule has 2 N–H and O–H groups in total. The first-order valence-corrected chi connectivity index (χ1v) is 4.92. The molecule has 0 aliphatic rings. The minimum atomic E-state index is 0.214. The molecule has 0 fully saturated rings. The van der Waals surface area contributed by atoms with Crippen molar-refractivity contribution < 1.29 is 9.90 Å². The van der Waals surface area contributed by atoms with Crippen LogP contribution in [0.25, 0.3) is 0 Å². The summed E-state index contributed by atoms with van der Waals surface area (Å²) in [5.41, 5.74) is 0. The van der Waals surface area contributed by atoms with E-state index in [4.69, 9.17) is 5.11 Å². The molecule has 3 nitrogen and oxygen atoms in total. The molecule has 0 heterocycles. The number of aliphatic hydroxyl groups excluding tert-OH is 1. The molecule has 0 bridgehead atoms. The summed E-state index contributed by atoms with van der Waals surface area (Å²) in [6.45, 7) is 9.23. The van der Waals surface area contributed by atoms with E-state index in [2.05, 4.69) is 12.2 Å². The molecule has 0 aliphatic heterocycles. The molecule has 3 heteroatoms. The summed E-state index contributed by atoms with van der Waals surface area (Å²) in [7, 11) is 1.00. The Hall–Kier alpha value is -0.410. The number of aliphatic hydroxyl groups is 1. The standard InChI is InChI=1S/C7H15NO.C2H6.CH4O/c1-3-4-5-8-6-7(2)9;2*1-2/h8H,3-6H2,1-2H3;1-2H3;2H,1H3. The average molecular weight is 191 g/mol. The fourth-order valence-electron chi connectivity index (χ4n) is 0.566. The van der Waals surface area contributed by atoms with E-state index in [1.54, 1.807) is 6.92 Å². The highest BCUT2D eigenvalue weighted by atomic mass is 16.2. The monoisotopic (exact) mass is 191 g/mol. The van der Waals surface area contributed by atoms with Crippen LogP contribution in [-0.4, -0.2) is 31.1 Å². The lowest BCUT2D eigenvalue weighted by atomic mass is 10.3. The maximum atomic E-state index is 10.3. The molecule has 0 aliphatic carbocycles. The summed E-state index contributed by atoms with van der Waals surface area (Å²) in [6.07, 6.45) is 2.35. The number of carbonyl (C=O) groups excluding carboxylic acids is 1. The second-order valence-corrected chi connectivity index (χ2v) is 2.23. The topological polar surface area (TPSA) is 49.3 Å². The van der Waals surface area contributed by atoms with Gasteiger partial charge in [0.15, 0.2) is 0 Å². The number of unbranched alkanes of at least 4 members (excludes halogenated alkanes) is 1. The van der Waals surface area contributed by atoms with E-state index < -0.39 is 0 Å². The van der Waals surface area contributed by atoms with Gasteiger partial charge >= 0.3 is 0 Å². The second-order valence-electron chi connectivity index (χ2n) is 2.23. The van der Waals surface area contributed by atoms with E-state index in [9.17, 15) is 4.79 Å². The Labute approximate surface area is 82.5 Å². The van der Waals surface area contributed by atoms with Crippen LogP contribution in [0.2, 0.25) is 0 Å². The van der Waals surface area contributed by atoms with Crippen molar-refractivity contribution >= 4 is 5.78 Å². The lowest BCUT2D eigenvalue weighted by Gasteiger charge is -1.97. The van der Waals surface area contributed by atoms with Gasteiger partial charge in [-0.15, -0.1) is 0 Å². The van der Waals surface area contributed by atoms with Crippen LogP contribution in [0.3, 0.4) is 0 Å². The molecule has 0 saturated heterocycles. The van der Waals surface area contributed by atoms with Crippen molar-refractivity contribution in [2.45, 2.75) is 40.5 Å². The van der Waals surface area contributed by atoms with Crippen LogP contribution in [0.4, 0.5) is 0 Å². The molecule has 0 atom stereocenters. The predicted octanol–water partition coefficient (Wildman–Crippen LogP) is 1.60. The van der Waals surface area contributed by atoms with Gasteiger partial charge in [0, 0.05) is 7.11 Å². The number of Topliss-reactive ketones (excluding diaryl/α,β-unsaturated/α-hetero) is 1. The van der Waals surface area contributed by atoms with E-state index in [-0.39, 0.29) is 5.78 Å². The van der Waals surface area contributed by atoms with Crippen molar-refractivity contribution in [1.29, 1.82) is 0 Å². The fraction of sp³-hybridized carbons (Fsp3) is 0.900. The van der Waals surface area contributed by atoms with Crippen molar-refractivity contribution in [2.75, 3.05) is 20.2 Å². The highest BCUT2D eigenvalue weighted by Gasteiger charge is 1.88. The SMILES string of the molecule is CC.CCCCNCC(C)=O.CO. The number of carbonyl (C=O) groups is 1. The Kier molecular flexibility index (Phi) is 31.9. The van der Waals surface area contributed by atoms with E-state index in [1.807, 2.05) is 13.8 Å². The first-order valence-electron chi connectivity index (χ1n) is 4.92. The van der Waals surface area contributed by atoms with E-state index in [0.717, 1.165) is 20.1 Å². The van der Waals surface area contributed by atoms with E-state index in [1.165, 1.54) is 6.42 Å². The van der Waals surface area contributed by atoms with Gasteiger partial charge in [-0.25, -0.2) is 0 Å². The Morgan fingerprint density at radius 2 is 1.77 bits per heavy atom. The third-order valence-corrected chi connectivity index (χ3v) is 1.08. The summed E-state index contributed by atoms with van der Waals surface area (Å²) in [6, 6.07) is 0. The molecule has 0 rings (SSSR count).